The van der Waals surface area contributed by atoms with Gasteiger partial charge in [0.2, 0.25) is 0 Å². The molecule has 0 radical (unpaired) electrons. The molecule has 21 heavy (non-hydrogen) atoms. The van der Waals surface area contributed by atoms with Crippen LogP contribution in [0.5, 0.6) is 0 Å². The van der Waals surface area contributed by atoms with Gasteiger partial charge in [-0.2, -0.15) is 0 Å². The van der Waals surface area contributed by atoms with Gasteiger partial charge in [-0.1, -0.05) is 12.5 Å². The van der Waals surface area contributed by atoms with Crippen LogP contribution in [0.4, 0.5) is 0 Å². The molecule has 2 unspecified atom stereocenters. The van der Waals surface area contributed by atoms with Crippen LogP contribution in [-0.2, 0) is 16.6 Å². The summed E-state index contributed by atoms with van der Waals surface area (Å²) in [6.45, 7) is 2.43. The number of nitrogens with two attached hydrogens (primary N) is 1. The summed E-state index contributed by atoms with van der Waals surface area (Å²) in [6, 6.07) is 3.59. The average Bonchev–Trinajstić information content (AvgIpc) is 2.90. The number of rotatable bonds is 4. The molecular formula is C14H22N4O2S. The number of pyridine rings is 1. The highest BCUT2D eigenvalue weighted by molar-refractivity contribution is 7.89. The highest BCUT2D eigenvalue weighted by atomic mass is 32.2. The zero-order valence-electron chi connectivity index (χ0n) is 12.0. The topological polar surface area (TPSA) is 88.3 Å². The van der Waals surface area contributed by atoms with E-state index in [9.17, 15) is 8.42 Å². The van der Waals surface area contributed by atoms with Gasteiger partial charge in [0, 0.05) is 31.4 Å². The second kappa shape index (κ2) is 6.00. The number of sulfonamides is 1. The molecule has 0 bridgehead atoms. The minimum absolute atomic E-state index is 0.00582. The van der Waals surface area contributed by atoms with Gasteiger partial charge in [0.25, 0.3) is 10.0 Å². The van der Waals surface area contributed by atoms with Crippen LogP contribution in [0.15, 0.2) is 23.4 Å². The molecule has 2 fully saturated rings. The van der Waals surface area contributed by atoms with Crippen molar-refractivity contribution in [2.45, 2.75) is 49.3 Å². The fraction of sp³-hybridized carbons (Fsp3) is 0.643. The Bertz CT molecular complexity index is 587. The molecule has 0 aromatic carbocycles. The van der Waals surface area contributed by atoms with Crippen LogP contribution in [0.2, 0.25) is 0 Å². The monoisotopic (exact) mass is 310 g/mol. The summed E-state index contributed by atoms with van der Waals surface area (Å²) in [4.78, 5) is 6.43. The first-order chi connectivity index (χ1) is 10.1. The Morgan fingerprint density at radius 2 is 2.14 bits per heavy atom. The lowest BCUT2D eigenvalue weighted by atomic mass is 10.00. The first kappa shape index (κ1) is 14.9. The first-order valence-corrected chi connectivity index (χ1v) is 9.00. The van der Waals surface area contributed by atoms with Crippen LogP contribution in [0.1, 0.15) is 31.2 Å². The van der Waals surface area contributed by atoms with Crippen molar-refractivity contribution in [1.29, 1.82) is 0 Å². The largest absolute Gasteiger partial charge is 0.326 e. The Morgan fingerprint density at radius 3 is 2.86 bits per heavy atom. The van der Waals surface area contributed by atoms with Gasteiger partial charge in [0.15, 0.2) is 5.03 Å². The molecule has 0 saturated carbocycles. The summed E-state index contributed by atoms with van der Waals surface area (Å²) < 4.78 is 27.7. The minimum Gasteiger partial charge on any atom is -0.326 e. The summed E-state index contributed by atoms with van der Waals surface area (Å²) in [5.41, 5.74) is 6.33. The third kappa shape index (κ3) is 3.11. The van der Waals surface area contributed by atoms with Crippen molar-refractivity contribution in [3.63, 3.8) is 0 Å². The van der Waals surface area contributed by atoms with Gasteiger partial charge in [-0.15, -0.1) is 0 Å². The fourth-order valence-corrected chi connectivity index (χ4v) is 4.57. The van der Waals surface area contributed by atoms with Crippen molar-refractivity contribution in [1.82, 2.24) is 14.6 Å². The quantitative estimate of drug-likeness (QED) is 0.843. The van der Waals surface area contributed by atoms with E-state index in [1.807, 2.05) is 0 Å². The SMILES string of the molecule is NCc1ccc(S(=O)(=O)NC2CCN3CCCCC23)nc1. The maximum Gasteiger partial charge on any atom is 0.258 e. The van der Waals surface area contributed by atoms with Crippen LogP contribution in [-0.4, -0.2) is 43.5 Å². The van der Waals surface area contributed by atoms with Gasteiger partial charge in [-0.25, -0.2) is 18.1 Å². The van der Waals surface area contributed by atoms with E-state index in [1.54, 1.807) is 6.07 Å². The van der Waals surface area contributed by atoms with Crippen molar-refractivity contribution < 1.29 is 8.42 Å². The molecule has 2 aliphatic rings. The van der Waals surface area contributed by atoms with Gasteiger partial charge < -0.3 is 5.73 Å². The first-order valence-electron chi connectivity index (χ1n) is 7.51. The Balaban J connectivity index is 1.73. The van der Waals surface area contributed by atoms with Gasteiger partial charge in [0.1, 0.15) is 0 Å². The van der Waals surface area contributed by atoms with E-state index in [2.05, 4.69) is 14.6 Å². The number of aromatic nitrogens is 1. The molecule has 3 heterocycles. The second-order valence-corrected chi connectivity index (χ2v) is 7.49. The van der Waals surface area contributed by atoms with E-state index in [0.29, 0.717) is 12.6 Å². The summed E-state index contributed by atoms with van der Waals surface area (Å²) >= 11 is 0. The Hall–Kier alpha value is -1.02. The summed E-state index contributed by atoms with van der Waals surface area (Å²) in [5.74, 6) is 0. The van der Waals surface area contributed by atoms with Gasteiger partial charge in [-0.05, 0) is 37.4 Å². The lowest BCUT2D eigenvalue weighted by Crippen LogP contribution is -2.46. The van der Waals surface area contributed by atoms with Crippen molar-refractivity contribution >= 4 is 10.0 Å². The number of piperidine rings is 1. The van der Waals surface area contributed by atoms with Gasteiger partial charge in [0.05, 0.1) is 0 Å². The van der Waals surface area contributed by atoms with E-state index in [1.165, 1.54) is 25.1 Å². The Morgan fingerprint density at radius 1 is 1.29 bits per heavy atom. The summed E-state index contributed by atoms with van der Waals surface area (Å²) in [5, 5.41) is 0.0777. The van der Waals surface area contributed by atoms with E-state index < -0.39 is 10.0 Å². The molecule has 1 aromatic rings. The van der Waals surface area contributed by atoms with Crippen LogP contribution < -0.4 is 10.5 Å². The minimum atomic E-state index is -3.55. The maximum absolute atomic E-state index is 12.4. The van der Waals surface area contributed by atoms with Crippen LogP contribution >= 0.6 is 0 Å². The molecule has 2 aliphatic heterocycles. The van der Waals surface area contributed by atoms with Gasteiger partial charge >= 0.3 is 0 Å². The average molecular weight is 310 g/mol. The Kier molecular flexibility index (Phi) is 4.26. The third-order valence-corrected chi connectivity index (χ3v) is 5.88. The number of nitrogens with one attached hydrogen (secondary N) is 1. The van der Waals surface area contributed by atoms with Crippen LogP contribution in [0, 0.1) is 0 Å². The number of fused-ring (bicyclic) bond motifs is 1. The highest BCUT2D eigenvalue weighted by Gasteiger charge is 2.37. The number of hydrogen-bond acceptors (Lipinski definition) is 5. The highest BCUT2D eigenvalue weighted by Crippen LogP contribution is 2.28. The van der Waals surface area contributed by atoms with Crippen molar-refractivity contribution in [2.75, 3.05) is 13.1 Å². The maximum atomic E-state index is 12.4. The zero-order chi connectivity index (χ0) is 14.9. The fourth-order valence-electron chi connectivity index (χ4n) is 3.34. The predicted molar refractivity (Wildman–Crippen MR) is 80.1 cm³/mol. The van der Waals surface area contributed by atoms with Crippen LogP contribution in [0.3, 0.4) is 0 Å². The normalized spacial score (nSPS) is 26.7. The van der Waals surface area contributed by atoms with E-state index in [-0.39, 0.29) is 11.1 Å². The van der Waals surface area contributed by atoms with Crippen molar-refractivity contribution in [3.8, 4) is 0 Å². The predicted octanol–water partition coefficient (Wildman–Crippen LogP) is 0.445. The van der Waals surface area contributed by atoms with Crippen molar-refractivity contribution in [3.05, 3.63) is 23.9 Å². The lowest BCUT2D eigenvalue weighted by molar-refractivity contribution is 0.186. The molecule has 0 aliphatic carbocycles. The number of hydrogen-bond donors (Lipinski definition) is 2. The molecular weight excluding hydrogens is 288 g/mol. The molecule has 2 saturated heterocycles. The summed E-state index contributed by atoms with van der Waals surface area (Å²) in [7, 11) is -3.55. The standard InChI is InChI=1S/C14H22N4O2S/c15-9-11-4-5-14(16-10-11)21(19,20)17-12-6-8-18-7-2-1-3-13(12)18/h4-5,10,12-13,17H,1-3,6-9,15H2. The van der Waals surface area contributed by atoms with E-state index in [0.717, 1.165) is 31.5 Å². The van der Waals surface area contributed by atoms with E-state index >= 15 is 0 Å². The van der Waals surface area contributed by atoms with Crippen LogP contribution in [0.25, 0.3) is 0 Å². The second-order valence-electron chi connectivity index (χ2n) is 5.82. The molecule has 0 amide bonds. The molecule has 0 spiro atoms. The molecule has 2 atom stereocenters. The summed E-state index contributed by atoms with van der Waals surface area (Å²) in [6.07, 6.45) is 5.88. The van der Waals surface area contributed by atoms with Gasteiger partial charge in [-0.3, -0.25) is 4.90 Å². The molecule has 116 valence electrons. The molecule has 3 rings (SSSR count). The lowest BCUT2D eigenvalue weighted by Gasteiger charge is -2.32. The molecule has 1 aromatic heterocycles. The smallest absolute Gasteiger partial charge is 0.258 e. The Labute approximate surface area is 125 Å². The molecule has 6 nitrogen and oxygen atoms in total. The van der Waals surface area contributed by atoms with Crippen molar-refractivity contribution in [2.24, 2.45) is 5.73 Å². The van der Waals surface area contributed by atoms with E-state index in [4.69, 9.17) is 5.73 Å². The molecule has 7 heteroatoms. The zero-order valence-corrected chi connectivity index (χ0v) is 12.8. The third-order valence-electron chi connectivity index (χ3n) is 4.47. The number of nitrogens with zero attached hydrogens (tertiary/aromatic N) is 2. The molecule has 3 N–H and O–H groups in total.